The van der Waals surface area contributed by atoms with Gasteiger partial charge in [0.05, 0.1) is 5.57 Å². The summed E-state index contributed by atoms with van der Waals surface area (Å²) in [5.41, 5.74) is 2.10. The highest BCUT2D eigenvalue weighted by atomic mass is 19.3. The molecule has 0 aliphatic heterocycles. The van der Waals surface area contributed by atoms with Gasteiger partial charge in [-0.3, -0.25) is 0 Å². The van der Waals surface area contributed by atoms with Crippen molar-refractivity contribution in [2.75, 3.05) is 0 Å². The number of fused-ring (bicyclic) bond motifs is 1. The molecule has 0 N–H and O–H groups in total. The average molecular weight is 297 g/mol. The molecule has 0 radical (unpaired) electrons. The first-order valence-corrected chi connectivity index (χ1v) is 7.30. The van der Waals surface area contributed by atoms with E-state index in [1.165, 1.54) is 0 Å². The molecule has 2 aromatic carbocycles. The smallest absolute Gasteiger partial charge is 0.278 e. The van der Waals surface area contributed by atoms with Crippen LogP contribution in [0.4, 0.5) is 8.78 Å². The van der Waals surface area contributed by atoms with Crippen LogP contribution in [0, 0.1) is 0 Å². The number of hydrogen-bond donors (Lipinski definition) is 0. The minimum atomic E-state index is -1.65. The fraction of sp³-hybridized carbons (Fsp3) is 0.158. The number of hydrogen-bond acceptors (Lipinski definition) is 0. The van der Waals surface area contributed by atoms with Crippen LogP contribution in [-0.2, 0) is 0 Å². The van der Waals surface area contributed by atoms with Crippen LogP contribution < -0.4 is 0 Å². The molecule has 112 valence electrons. The van der Waals surface area contributed by atoms with E-state index in [0.29, 0.717) is 11.1 Å². The van der Waals surface area contributed by atoms with Gasteiger partial charge in [0.1, 0.15) is 0 Å². The zero-order valence-corrected chi connectivity index (χ0v) is 12.6. The third-order valence-corrected chi connectivity index (χ3v) is 3.82. The van der Waals surface area contributed by atoms with Crippen LogP contribution in [0.5, 0.6) is 0 Å². The Hall–Kier alpha value is -2.42. The molecule has 3 rings (SSSR count). The van der Waals surface area contributed by atoms with Crippen molar-refractivity contribution in [3.8, 4) is 0 Å². The summed E-state index contributed by atoms with van der Waals surface area (Å²) in [6, 6.07) is 16.7. The molecule has 1 heterocycles. The highest BCUT2D eigenvalue weighted by Gasteiger charge is 2.18. The quantitative estimate of drug-likeness (QED) is 0.569. The number of aromatic nitrogens is 1. The van der Waals surface area contributed by atoms with E-state index in [0.717, 1.165) is 10.9 Å². The van der Waals surface area contributed by atoms with Crippen LogP contribution in [0.15, 0.2) is 66.9 Å². The summed E-state index contributed by atoms with van der Waals surface area (Å²) >= 11 is 0. The lowest BCUT2D eigenvalue weighted by molar-refractivity contribution is 0.426. The first kappa shape index (κ1) is 14.5. The van der Waals surface area contributed by atoms with Crippen LogP contribution in [0.2, 0.25) is 0 Å². The van der Waals surface area contributed by atoms with E-state index < -0.39 is 6.08 Å². The fourth-order valence-electron chi connectivity index (χ4n) is 2.80. The lowest BCUT2D eigenvalue weighted by atomic mass is 9.99. The molecule has 0 unspecified atom stereocenters. The molecule has 0 bridgehead atoms. The van der Waals surface area contributed by atoms with Crippen molar-refractivity contribution >= 4 is 16.5 Å². The number of nitrogens with zero attached hydrogens (tertiary/aromatic N) is 1. The SMILES string of the molecule is CC(C)n1cc(C(=C(F)F)c2ccccc2)c2ccccc21. The van der Waals surface area contributed by atoms with Crippen LogP contribution in [-0.4, -0.2) is 4.57 Å². The summed E-state index contributed by atoms with van der Waals surface area (Å²) in [6.07, 6.45) is 0.175. The Labute approximate surface area is 128 Å². The Kier molecular flexibility index (Phi) is 3.80. The van der Waals surface area contributed by atoms with E-state index in [-0.39, 0.29) is 11.6 Å². The third kappa shape index (κ3) is 2.43. The third-order valence-electron chi connectivity index (χ3n) is 3.82. The molecular weight excluding hydrogens is 280 g/mol. The van der Waals surface area contributed by atoms with Gasteiger partial charge in [-0.05, 0) is 25.5 Å². The standard InChI is InChI=1S/C19H17F2N/c1-13(2)22-12-16(15-10-6-7-11-17(15)22)18(19(20)21)14-8-4-3-5-9-14/h3-13H,1-2H3. The maximum absolute atomic E-state index is 13.7. The van der Waals surface area contributed by atoms with E-state index in [2.05, 4.69) is 0 Å². The Morgan fingerprint density at radius 3 is 2.18 bits per heavy atom. The molecule has 3 aromatic rings. The Bertz CT molecular complexity index is 825. The van der Waals surface area contributed by atoms with Crippen LogP contribution in [0.25, 0.3) is 16.5 Å². The van der Waals surface area contributed by atoms with Gasteiger partial charge in [-0.25, -0.2) is 0 Å². The number of benzene rings is 2. The number of para-hydroxylation sites is 1. The fourth-order valence-corrected chi connectivity index (χ4v) is 2.80. The van der Waals surface area contributed by atoms with Gasteiger partial charge in [0, 0.05) is 28.7 Å². The van der Waals surface area contributed by atoms with Gasteiger partial charge in [0.2, 0.25) is 0 Å². The summed E-state index contributed by atoms with van der Waals surface area (Å²) in [7, 11) is 0. The average Bonchev–Trinajstić information content (AvgIpc) is 2.88. The molecule has 0 saturated heterocycles. The van der Waals surface area contributed by atoms with E-state index in [1.54, 1.807) is 24.3 Å². The highest BCUT2D eigenvalue weighted by Crippen LogP contribution is 2.35. The van der Waals surface area contributed by atoms with Gasteiger partial charge < -0.3 is 4.57 Å². The maximum atomic E-state index is 13.7. The Balaban J connectivity index is 2.31. The number of halogens is 2. The molecule has 0 amide bonds. The van der Waals surface area contributed by atoms with Crippen molar-refractivity contribution in [3.63, 3.8) is 0 Å². The van der Waals surface area contributed by atoms with Gasteiger partial charge in [-0.2, -0.15) is 8.78 Å². The summed E-state index contributed by atoms with van der Waals surface area (Å²) in [5.74, 6) is 0. The largest absolute Gasteiger partial charge is 0.344 e. The molecule has 0 fully saturated rings. The molecule has 0 aliphatic rings. The van der Waals surface area contributed by atoms with Crippen molar-refractivity contribution in [3.05, 3.63) is 78.0 Å². The van der Waals surface area contributed by atoms with Crippen molar-refractivity contribution in [1.29, 1.82) is 0 Å². The second-order valence-corrected chi connectivity index (χ2v) is 5.56. The van der Waals surface area contributed by atoms with E-state index in [1.807, 2.05) is 54.9 Å². The predicted octanol–water partition coefficient (Wildman–Crippen LogP) is 5.88. The first-order chi connectivity index (χ1) is 10.6. The molecular formula is C19H17F2N. The molecule has 1 nitrogen and oxygen atoms in total. The maximum Gasteiger partial charge on any atom is 0.278 e. The summed E-state index contributed by atoms with van der Waals surface area (Å²) < 4.78 is 29.4. The minimum absolute atomic E-state index is 0.0104. The van der Waals surface area contributed by atoms with Gasteiger partial charge in [0.25, 0.3) is 6.08 Å². The molecule has 3 heteroatoms. The second kappa shape index (κ2) is 5.76. The van der Waals surface area contributed by atoms with Crippen LogP contribution in [0.3, 0.4) is 0 Å². The number of rotatable bonds is 3. The second-order valence-electron chi connectivity index (χ2n) is 5.56. The molecule has 0 atom stereocenters. The van der Waals surface area contributed by atoms with Gasteiger partial charge >= 0.3 is 0 Å². The van der Waals surface area contributed by atoms with Gasteiger partial charge in [0.15, 0.2) is 0 Å². The van der Waals surface area contributed by atoms with Gasteiger partial charge in [-0.1, -0.05) is 48.5 Å². The zero-order valence-electron chi connectivity index (χ0n) is 12.6. The van der Waals surface area contributed by atoms with Crippen molar-refractivity contribution in [2.24, 2.45) is 0 Å². The molecule has 0 saturated carbocycles. The highest BCUT2D eigenvalue weighted by molar-refractivity contribution is 5.97. The lowest BCUT2D eigenvalue weighted by Crippen LogP contribution is -1.97. The normalized spacial score (nSPS) is 11.1. The summed E-state index contributed by atoms with van der Waals surface area (Å²) in [4.78, 5) is 0. The topological polar surface area (TPSA) is 4.93 Å². The molecule has 1 aromatic heterocycles. The van der Waals surface area contributed by atoms with E-state index >= 15 is 0 Å². The predicted molar refractivity (Wildman–Crippen MR) is 87.0 cm³/mol. The van der Waals surface area contributed by atoms with Crippen LogP contribution >= 0.6 is 0 Å². The van der Waals surface area contributed by atoms with E-state index in [4.69, 9.17) is 0 Å². The zero-order chi connectivity index (χ0) is 15.7. The van der Waals surface area contributed by atoms with Crippen molar-refractivity contribution in [1.82, 2.24) is 4.57 Å². The molecule has 22 heavy (non-hydrogen) atoms. The van der Waals surface area contributed by atoms with E-state index in [9.17, 15) is 8.78 Å². The molecule has 0 spiro atoms. The van der Waals surface area contributed by atoms with Crippen LogP contribution in [0.1, 0.15) is 31.0 Å². The monoisotopic (exact) mass is 297 g/mol. The summed E-state index contributed by atoms with van der Waals surface area (Å²) in [5, 5.41) is 0.850. The molecule has 0 aliphatic carbocycles. The summed E-state index contributed by atoms with van der Waals surface area (Å²) in [6.45, 7) is 4.10. The Morgan fingerprint density at radius 1 is 0.909 bits per heavy atom. The Morgan fingerprint density at radius 2 is 1.55 bits per heavy atom. The van der Waals surface area contributed by atoms with Crippen molar-refractivity contribution < 1.29 is 8.78 Å². The lowest BCUT2D eigenvalue weighted by Gasteiger charge is -2.08. The van der Waals surface area contributed by atoms with Gasteiger partial charge in [-0.15, -0.1) is 0 Å². The minimum Gasteiger partial charge on any atom is -0.344 e. The first-order valence-electron chi connectivity index (χ1n) is 7.30. The van der Waals surface area contributed by atoms with Crippen molar-refractivity contribution in [2.45, 2.75) is 19.9 Å².